The monoisotopic (exact) mass is 732 g/mol. The molecule has 0 spiro atoms. The summed E-state index contributed by atoms with van der Waals surface area (Å²) in [4.78, 5) is 74.3. The second kappa shape index (κ2) is 14.6. The first-order chi connectivity index (χ1) is 23.6. The number of benzene rings is 1. The van der Waals surface area contributed by atoms with Gasteiger partial charge in [-0.25, -0.2) is 9.59 Å². The molecule has 268 valence electrons. The third-order valence-electron chi connectivity index (χ3n) is 8.96. The molecule has 3 aliphatic rings. The molecular formula is C31H38N7O10S2+. The molecule has 2 fully saturated rings. The van der Waals surface area contributed by atoms with E-state index < -0.39 is 57.9 Å². The lowest BCUT2D eigenvalue weighted by atomic mass is 9.89. The van der Waals surface area contributed by atoms with Gasteiger partial charge in [-0.3, -0.25) is 19.3 Å². The van der Waals surface area contributed by atoms with Gasteiger partial charge in [0.15, 0.2) is 28.1 Å². The SMILES string of the molecule is CC(C)(O/N=C(\C(=O)CC1C(=O)N2C(C(=O)O)=C(C[N+]3(CCNC(=O)c4ccc(O)c(O)c4)CCCCC3)CSC12)c1nsc(N)n1)C(=O)O. The molecule has 7 N–H and O–H groups in total. The molecule has 1 aromatic heterocycles. The molecule has 2 amide bonds. The number of carboxylic acids is 2. The first-order valence-electron chi connectivity index (χ1n) is 15.8. The number of piperidine rings is 1. The first kappa shape index (κ1) is 36.5. The summed E-state index contributed by atoms with van der Waals surface area (Å²) < 4.78 is 4.50. The van der Waals surface area contributed by atoms with E-state index in [4.69, 9.17) is 10.6 Å². The van der Waals surface area contributed by atoms with Crippen molar-refractivity contribution in [1.82, 2.24) is 19.6 Å². The Kier molecular flexibility index (Phi) is 10.7. The summed E-state index contributed by atoms with van der Waals surface area (Å²) in [7, 11) is 0. The van der Waals surface area contributed by atoms with Gasteiger partial charge in [-0.1, -0.05) is 5.16 Å². The van der Waals surface area contributed by atoms with Crippen LogP contribution in [0.1, 0.15) is 55.7 Å². The van der Waals surface area contributed by atoms with Gasteiger partial charge in [0.05, 0.1) is 37.5 Å². The minimum absolute atomic E-state index is 0.0321. The number of aromatic hydroxyl groups is 2. The Balaban J connectivity index is 1.30. The van der Waals surface area contributed by atoms with Crippen molar-refractivity contribution in [3.63, 3.8) is 0 Å². The first-order valence-corrected chi connectivity index (χ1v) is 17.6. The number of β-lactam (4-membered cyclic amide) rings is 1. The Morgan fingerprint density at radius 2 is 1.86 bits per heavy atom. The number of fused-ring (bicyclic) bond motifs is 1. The maximum absolute atomic E-state index is 13.5. The zero-order valence-corrected chi connectivity index (χ0v) is 29.0. The van der Waals surface area contributed by atoms with Crippen LogP contribution in [0.2, 0.25) is 0 Å². The molecule has 50 heavy (non-hydrogen) atoms. The maximum atomic E-state index is 13.5. The van der Waals surface area contributed by atoms with Crippen molar-refractivity contribution in [1.29, 1.82) is 0 Å². The zero-order chi connectivity index (χ0) is 36.4. The molecule has 5 rings (SSSR count). The van der Waals surface area contributed by atoms with E-state index in [1.54, 1.807) is 0 Å². The molecule has 2 unspecified atom stereocenters. The van der Waals surface area contributed by atoms with Crippen LogP contribution in [-0.4, -0.2) is 124 Å². The van der Waals surface area contributed by atoms with Crippen LogP contribution in [0.4, 0.5) is 5.13 Å². The van der Waals surface area contributed by atoms with Crippen LogP contribution >= 0.6 is 23.3 Å². The van der Waals surface area contributed by atoms with Gasteiger partial charge in [0.2, 0.25) is 17.3 Å². The van der Waals surface area contributed by atoms with E-state index in [1.807, 2.05) is 0 Å². The number of likely N-dealkylation sites (tertiary alicyclic amines) is 1. The molecule has 2 atom stereocenters. The molecule has 0 bridgehead atoms. The lowest BCUT2D eigenvalue weighted by Crippen LogP contribution is -2.63. The van der Waals surface area contributed by atoms with E-state index in [9.17, 15) is 44.4 Å². The molecule has 0 saturated carbocycles. The Hall–Kier alpha value is -4.75. The van der Waals surface area contributed by atoms with E-state index in [-0.39, 0.29) is 40.9 Å². The van der Waals surface area contributed by atoms with Crippen molar-refractivity contribution in [3.8, 4) is 11.5 Å². The van der Waals surface area contributed by atoms with Gasteiger partial charge in [-0.15, -0.1) is 11.8 Å². The Labute approximate surface area is 294 Å². The number of oxime groups is 1. The maximum Gasteiger partial charge on any atom is 0.352 e. The highest BCUT2D eigenvalue weighted by Crippen LogP contribution is 2.46. The zero-order valence-electron chi connectivity index (χ0n) is 27.3. The number of carboxylic acid groups (broad SMARTS) is 2. The molecule has 17 nitrogen and oxygen atoms in total. The number of carbonyl (C=O) groups is 5. The lowest BCUT2D eigenvalue weighted by Gasteiger charge is -2.50. The second-order valence-electron chi connectivity index (χ2n) is 12.9. The average Bonchev–Trinajstić information content (AvgIpc) is 3.50. The quantitative estimate of drug-likeness (QED) is 0.0528. The summed E-state index contributed by atoms with van der Waals surface area (Å²) in [5.41, 5.74) is 4.15. The largest absolute Gasteiger partial charge is 0.504 e. The third kappa shape index (κ3) is 7.68. The summed E-state index contributed by atoms with van der Waals surface area (Å²) in [5.74, 6) is -5.76. The van der Waals surface area contributed by atoms with Gasteiger partial charge in [0.1, 0.15) is 12.2 Å². The van der Waals surface area contributed by atoms with Crippen molar-refractivity contribution in [3.05, 3.63) is 40.9 Å². The lowest BCUT2D eigenvalue weighted by molar-refractivity contribution is -0.927. The number of anilines is 1. The number of rotatable bonds is 14. The molecule has 0 radical (unpaired) electrons. The van der Waals surface area contributed by atoms with E-state index in [0.29, 0.717) is 28.9 Å². The molecular weight excluding hydrogens is 695 g/mol. The molecule has 1 aromatic carbocycles. The normalized spacial score (nSPS) is 20.5. The number of hydrogen-bond acceptors (Lipinski definition) is 14. The highest BCUT2D eigenvalue weighted by atomic mass is 32.2. The van der Waals surface area contributed by atoms with Gasteiger partial charge >= 0.3 is 11.9 Å². The van der Waals surface area contributed by atoms with Gasteiger partial charge in [0, 0.05) is 34.8 Å². The van der Waals surface area contributed by atoms with Crippen molar-refractivity contribution < 1.29 is 53.7 Å². The molecule has 0 aliphatic carbocycles. The number of phenols is 2. The van der Waals surface area contributed by atoms with E-state index in [0.717, 1.165) is 43.9 Å². The number of amides is 2. The smallest absolute Gasteiger partial charge is 0.352 e. The van der Waals surface area contributed by atoms with Crippen molar-refractivity contribution in [2.24, 2.45) is 11.1 Å². The third-order valence-corrected chi connectivity index (χ3v) is 10.9. The number of nitrogens with two attached hydrogens (primary N) is 1. The summed E-state index contributed by atoms with van der Waals surface area (Å²) in [6, 6.07) is 3.80. The fraction of sp³-hybridized carbons (Fsp3) is 0.484. The summed E-state index contributed by atoms with van der Waals surface area (Å²) in [5, 5.41) is 45.0. The fourth-order valence-corrected chi connectivity index (χ4v) is 8.04. The number of hydrogen-bond donors (Lipinski definition) is 6. The number of carbonyl (C=O) groups excluding carboxylic acids is 3. The van der Waals surface area contributed by atoms with Crippen molar-refractivity contribution in [2.75, 3.05) is 44.2 Å². The standard InChI is InChI=1S/C31H37N7O10S2/c1-31(2,29(46)47)48-35-22(24-34-30(32)50-36-24)21(41)13-18-26(43)37-23(28(44)45)17(15-49-27(18)37)14-38(9-4-3-5-10-38)11-8-33-25(42)16-6-7-19(39)20(40)12-16/h6-7,12,18,27H,3-5,8-11,13-15H2,1-2H3,(H6-,32,33,34,35,36,39,40,41,42,44,45,46,47)/p+1. The number of nitrogens with zero attached hydrogens (tertiary/aromatic N) is 5. The van der Waals surface area contributed by atoms with E-state index in [1.165, 1.54) is 48.7 Å². The molecule has 4 heterocycles. The number of nitrogens with one attached hydrogen (secondary N) is 1. The number of aliphatic carboxylic acids is 2. The number of phenolic OH excluding ortho intramolecular Hbond substituents is 2. The predicted molar refractivity (Wildman–Crippen MR) is 180 cm³/mol. The van der Waals surface area contributed by atoms with Gasteiger partial charge in [-0.2, -0.15) is 9.36 Å². The van der Waals surface area contributed by atoms with Gasteiger partial charge in [0.25, 0.3) is 5.91 Å². The van der Waals surface area contributed by atoms with Gasteiger partial charge < -0.3 is 40.8 Å². The fourth-order valence-electron chi connectivity index (χ4n) is 6.20. The van der Waals surface area contributed by atoms with Crippen LogP contribution in [0.3, 0.4) is 0 Å². The summed E-state index contributed by atoms with van der Waals surface area (Å²) in [6.45, 7) is 5.12. The highest BCUT2D eigenvalue weighted by Gasteiger charge is 2.55. The summed E-state index contributed by atoms with van der Waals surface area (Å²) in [6.07, 6.45) is 2.47. The molecule has 2 saturated heterocycles. The van der Waals surface area contributed by atoms with Crippen molar-refractivity contribution >= 4 is 63.7 Å². The Morgan fingerprint density at radius 3 is 2.48 bits per heavy atom. The molecule has 3 aliphatic heterocycles. The molecule has 19 heteroatoms. The minimum atomic E-state index is -1.79. The van der Waals surface area contributed by atoms with Crippen LogP contribution in [0.25, 0.3) is 0 Å². The Bertz CT molecular complexity index is 1770. The Morgan fingerprint density at radius 1 is 1.14 bits per heavy atom. The second-order valence-corrected chi connectivity index (χ2v) is 14.8. The van der Waals surface area contributed by atoms with Crippen molar-refractivity contribution in [2.45, 2.75) is 50.5 Å². The number of aromatic nitrogens is 2. The van der Waals surface area contributed by atoms with Crippen LogP contribution in [0.5, 0.6) is 11.5 Å². The number of thioether (sulfide) groups is 1. The summed E-state index contributed by atoms with van der Waals surface area (Å²) >= 11 is 2.15. The van der Waals surface area contributed by atoms with E-state index >= 15 is 0 Å². The number of Topliss-reactive ketones (excluding diaryl/α,β-unsaturated/α-hetero) is 1. The van der Waals surface area contributed by atoms with Crippen LogP contribution < -0.4 is 11.1 Å². The molecule has 2 aromatic rings. The predicted octanol–water partition coefficient (Wildman–Crippen LogP) is 1.38. The number of nitrogen functional groups attached to an aromatic ring is 1. The average molecular weight is 733 g/mol. The van der Waals surface area contributed by atoms with Crippen LogP contribution in [0.15, 0.2) is 34.6 Å². The van der Waals surface area contributed by atoms with Gasteiger partial charge in [-0.05, 0) is 51.3 Å². The highest BCUT2D eigenvalue weighted by molar-refractivity contribution is 8.00. The minimum Gasteiger partial charge on any atom is -0.504 e. The number of ketones is 1. The van der Waals surface area contributed by atoms with Crippen LogP contribution in [-0.2, 0) is 24.0 Å². The topological polar surface area (TPSA) is 255 Å². The van der Waals surface area contributed by atoms with Crippen LogP contribution in [0, 0.1) is 5.92 Å². The van der Waals surface area contributed by atoms with E-state index in [2.05, 4.69) is 19.8 Å². The number of quaternary nitrogens is 1.